The van der Waals surface area contributed by atoms with Crippen molar-refractivity contribution in [2.24, 2.45) is 0 Å². The Hall–Kier alpha value is -2.28. The molecule has 0 radical (unpaired) electrons. The minimum absolute atomic E-state index is 0.868. The fourth-order valence-electron chi connectivity index (χ4n) is 2.67. The van der Waals surface area contributed by atoms with Gasteiger partial charge in [-0.05, 0) is 48.6 Å². The summed E-state index contributed by atoms with van der Waals surface area (Å²) in [5.74, 6) is 0. The number of hydrogen-bond acceptors (Lipinski definition) is 0. The molecule has 0 atom stereocenters. The Morgan fingerprint density at radius 1 is 1.09 bits per heavy atom. The van der Waals surface area contributed by atoms with E-state index in [1.54, 1.807) is 6.08 Å². The molecule has 0 aromatic heterocycles. The zero-order valence-electron chi connectivity index (χ0n) is 14.1. The van der Waals surface area contributed by atoms with Crippen molar-refractivity contribution >= 4 is 7.28 Å². The molecule has 0 spiro atoms. The highest BCUT2D eigenvalue weighted by Crippen LogP contribution is 2.36. The van der Waals surface area contributed by atoms with E-state index in [4.69, 9.17) is 0 Å². The van der Waals surface area contributed by atoms with E-state index in [1.165, 1.54) is 27.7 Å². The molecule has 0 N–H and O–H groups in total. The van der Waals surface area contributed by atoms with Crippen molar-refractivity contribution in [2.45, 2.75) is 20.8 Å². The summed E-state index contributed by atoms with van der Waals surface area (Å²) in [7, 11) is 0.868. The van der Waals surface area contributed by atoms with Gasteiger partial charge in [0.1, 0.15) is 0 Å². The van der Waals surface area contributed by atoms with Crippen LogP contribution in [0, 0.1) is 0 Å². The van der Waals surface area contributed by atoms with Gasteiger partial charge in [0.15, 0.2) is 7.28 Å². The van der Waals surface area contributed by atoms with Crippen molar-refractivity contribution in [3.05, 3.63) is 108 Å². The van der Waals surface area contributed by atoms with E-state index in [0.29, 0.717) is 0 Å². The lowest BCUT2D eigenvalue weighted by atomic mass is 9.63. The van der Waals surface area contributed by atoms with Crippen LogP contribution < -0.4 is 0 Å². The largest absolute Gasteiger partial charge is 0.194 e. The third-order valence-corrected chi connectivity index (χ3v) is 3.68. The molecule has 1 aliphatic heterocycles. The average Bonchev–Trinajstić information content (AvgIpc) is 2.86. The second-order valence-corrected chi connectivity index (χ2v) is 5.30. The first kappa shape index (κ1) is 17.8. The fourth-order valence-corrected chi connectivity index (χ4v) is 2.67. The number of rotatable bonds is 7. The lowest BCUT2D eigenvalue weighted by molar-refractivity contribution is 1.35. The third kappa shape index (κ3) is 3.88. The van der Waals surface area contributed by atoms with E-state index in [2.05, 4.69) is 57.5 Å². The van der Waals surface area contributed by atoms with Gasteiger partial charge in [-0.15, -0.1) is 0 Å². The quantitative estimate of drug-likeness (QED) is 0.427. The van der Waals surface area contributed by atoms with Crippen LogP contribution in [0.1, 0.15) is 20.8 Å². The monoisotopic (exact) mass is 288 g/mol. The second kappa shape index (κ2) is 8.24. The molecule has 1 aliphatic rings. The molecule has 0 unspecified atom stereocenters. The van der Waals surface area contributed by atoms with Crippen molar-refractivity contribution in [3.63, 3.8) is 0 Å². The first-order chi connectivity index (χ1) is 10.5. The molecule has 0 fully saturated rings. The van der Waals surface area contributed by atoms with Gasteiger partial charge in [0.05, 0.1) is 0 Å². The van der Waals surface area contributed by atoms with Gasteiger partial charge >= 0.3 is 0 Å². The summed E-state index contributed by atoms with van der Waals surface area (Å²) in [5, 5.41) is 0. The highest BCUT2D eigenvalue weighted by atomic mass is 14.2. The Kier molecular flexibility index (Phi) is 6.66. The van der Waals surface area contributed by atoms with E-state index in [0.717, 1.165) is 18.4 Å². The average molecular weight is 288 g/mol. The maximum absolute atomic E-state index is 4.22. The van der Waals surface area contributed by atoms with E-state index in [1.807, 2.05) is 26.0 Å². The molecule has 0 bridgehead atoms. The van der Waals surface area contributed by atoms with Crippen molar-refractivity contribution in [2.75, 3.05) is 0 Å². The molecule has 1 heteroatoms. The van der Waals surface area contributed by atoms with Crippen LogP contribution in [0.2, 0.25) is 0 Å². The molecule has 0 aromatic carbocycles. The molecular formula is C21H25B. The SMILES string of the molecule is C=CC(=C)/C=C(\C)C1=C(C(=C)/C=C\C)BC(C=C)=C1/C=C\C. The van der Waals surface area contributed by atoms with E-state index in [-0.39, 0.29) is 0 Å². The van der Waals surface area contributed by atoms with Crippen LogP contribution in [0.4, 0.5) is 0 Å². The van der Waals surface area contributed by atoms with Gasteiger partial charge in [0, 0.05) is 0 Å². The van der Waals surface area contributed by atoms with Crippen LogP contribution in [0.5, 0.6) is 0 Å². The van der Waals surface area contributed by atoms with E-state index in [9.17, 15) is 0 Å². The highest BCUT2D eigenvalue weighted by molar-refractivity contribution is 6.59. The second-order valence-electron chi connectivity index (χ2n) is 5.30. The zero-order valence-corrected chi connectivity index (χ0v) is 14.1. The summed E-state index contributed by atoms with van der Waals surface area (Å²) in [4.78, 5) is 0. The summed E-state index contributed by atoms with van der Waals surface area (Å²) < 4.78 is 0. The van der Waals surface area contributed by atoms with Crippen LogP contribution in [0.3, 0.4) is 0 Å². The van der Waals surface area contributed by atoms with Gasteiger partial charge in [-0.2, -0.15) is 0 Å². The van der Waals surface area contributed by atoms with Crippen LogP contribution in [0.15, 0.2) is 108 Å². The van der Waals surface area contributed by atoms with Crippen LogP contribution in [-0.2, 0) is 0 Å². The van der Waals surface area contributed by atoms with Gasteiger partial charge in [-0.25, -0.2) is 0 Å². The normalized spacial score (nSPS) is 15.7. The standard InChI is InChI=1S/C21H25B/c1-8-12-16(6)21-20(17(7)14-15(5)10-3)18(13-9-2)19(11-4)22-21/h8-14,22H,3-6H2,1-2,7H3/b12-8-,13-9-,17-14+. The van der Waals surface area contributed by atoms with Gasteiger partial charge in [0.25, 0.3) is 0 Å². The Balaban J connectivity index is 3.55. The lowest BCUT2D eigenvalue weighted by Crippen LogP contribution is -1.98. The van der Waals surface area contributed by atoms with Crippen LogP contribution >= 0.6 is 0 Å². The molecular weight excluding hydrogens is 263 g/mol. The fraction of sp³-hybridized carbons (Fsp3) is 0.143. The van der Waals surface area contributed by atoms with Gasteiger partial charge in [0.2, 0.25) is 0 Å². The van der Waals surface area contributed by atoms with Crippen molar-refractivity contribution in [3.8, 4) is 0 Å². The minimum atomic E-state index is 0.868. The highest BCUT2D eigenvalue weighted by Gasteiger charge is 2.24. The Morgan fingerprint density at radius 2 is 1.77 bits per heavy atom. The lowest BCUT2D eigenvalue weighted by Gasteiger charge is -2.12. The number of hydrogen-bond donors (Lipinski definition) is 0. The molecule has 0 aromatic rings. The molecule has 0 nitrogen and oxygen atoms in total. The summed E-state index contributed by atoms with van der Waals surface area (Å²) in [6, 6.07) is 0. The first-order valence-electron chi connectivity index (χ1n) is 7.53. The van der Waals surface area contributed by atoms with Gasteiger partial charge in [-0.1, -0.05) is 79.8 Å². The maximum atomic E-state index is 4.22. The maximum Gasteiger partial charge on any atom is 0.194 e. The van der Waals surface area contributed by atoms with E-state index < -0.39 is 0 Å². The van der Waals surface area contributed by atoms with Crippen molar-refractivity contribution in [1.29, 1.82) is 0 Å². The summed E-state index contributed by atoms with van der Waals surface area (Å²) in [6.07, 6.45) is 14.1. The first-order valence-corrected chi connectivity index (χ1v) is 7.53. The molecule has 0 aliphatic carbocycles. The minimum Gasteiger partial charge on any atom is -0.0996 e. The predicted octanol–water partition coefficient (Wildman–Crippen LogP) is 5.53. The summed E-state index contributed by atoms with van der Waals surface area (Å²) in [5.41, 5.74) is 8.09. The molecule has 0 saturated heterocycles. The smallest absolute Gasteiger partial charge is 0.0996 e. The molecule has 112 valence electrons. The Morgan fingerprint density at radius 3 is 2.27 bits per heavy atom. The molecule has 1 heterocycles. The Bertz CT molecular complexity index is 658. The van der Waals surface area contributed by atoms with E-state index >= 15 is 0 Å². The summed E-state index contributed by atoms with van der Waals surface area (Å²) >= 11 is 0. The molecule has 1 rings (SSSR count). The van der Waals surface area contributed by atoms with Crippen LogP contribution in [0.25, 0.3) is 0 Å². The van der Waals surface area contributed by atoms with Crippen molar-refractivity contribution < 1.29 is 0 Å². The summed E-state index contributed by atoms with van der Waals surface area (Å²) in [6.45, 7) is 22.1. The topological polar surface area (TPSA) is 0 Å². The predicted molar refractivity (Wildman–Crippen MR) is 103 cm³/mol. The van der Waals surface area contributed by atoms with Gasteiger partial charge in [-0.3, -0.25) is 0 Å². The Labute approximate surface area is 136 Å². The zero-order chi connectivity index (χ0) is 16.7. The van der Waals surface area contributed by atoms with Crippen LogP contribution in [-0.4, -0.2) is 7.28 Å². The molecule has 0 amide bonds. The third-order valence-electron chi connectivity index (χ3n) is 3.68. The van der Waals surface area contributed by atoms with Gasteiger partial charge < -0.3 is 0 Å². The molecule has 22 heavy (non-hydrogen) atoms. The van der Waals surface area contributed by atoms with Crippen molar-refractivity contribution in [1.82, 2.24) is 0 Å². The molecule has 0 saturated carbocycles. The number of allylic oxidation sites excluding steroid dienone is 14.